The number of hydrogen-bond donors (Lipinski definition) is 9. The maximum atomic E-state index is 13.3. The number of hydrogen-bond acceptors (Lipinski definition) is 8. The monoisotopic (exact) mass is 610 g/mol. The fourth-order valence-electron chi connectivity index (χ4n) is 4.43. The second-order valence-corrected chi connectivity index (χ2v) is 10.4. The molecule has 14 heteroatoms. The Morgan fingerprint density at radius 1 is 0.953 bits per heavy atom. The van der Waals surface area contributed by atoms with E-state index < -0.39 is 41.9 Å². The molecule has 0 aliphatic carbocycles. The zero-order valence-electron chi connectivity index (χ0n) is 23.5. The lowest BCUT2D eigenvalue weighted by atomic mass is 10.0. The molecule has 0 spiro atoms. The number of nitrogens with zero attached hydrogens (tertiary/aromatic N) is 1. The number of benzene rings is 2. The number of nitrogens with one attached hydrogen (secondary N) is 4. The summed E-state index contributed by atoms with van der Waals surface area (Å²) >= 11 is 4.23. The van der Waals surface area contributed by atoms with Gasteiger partial charge in [0.25, 0.3) is 0 Å². The number of phenolic OH excluding ortho intramolecular Hbond substituents is 1. The van der Waals surface area contributed by atoms with Crippen molar-refractivity contribution in [1.29, 1.82) is 0 Å². The van der Waals surface area contributed by atoms with E-state index in [0.29, 0.717) is 18.3 Å². The minimum absolute atomic E-state index is 0.0393. The number of guanidine groups is 1. The molecular formula is C29H38N8O5S. The summed E-state index contributed by atoms with van der Waals surface area (Å²) in [7, 11) is 0. The Morgan fingerprint density at radius 3 is 2.30 bits per heavy atom. The van der Waals surface area contributed by atoms with Crippen molar-refractivity contribution in [2.45, 2.75) is 49.9 Å². The van der Waals surface area contributed by atoms with Gasteiger partial charge < -0.3 is 48.0 Å². The molecule has 4 atom stereocenters. The molecule has 3 aromatic rings. The first kappa shape index (κ1) is 32.9. The Balaban J connectivity index is 1.67. The van der Waals surface area contributed by atoms with Gasteiger partial charge in [-0.25, -0.2) is 0 Å². The molecule has 0 bridgehead atoms. The highest BCUT2D eigenvalue weighted by Crippen LogP contribution is 2.19. The number of amides is 3. The van der Waals surface area contributed by atoms with E-state index >= 15 is 0 Å². The van der Waals surface area contributed by atoms with Gasteiger partial charge in [-0.2, -0.15) is 12.6 Å². The van der Waals surface area contributed by atoms with E-state index in [1.807, 2.05) is 24.3 Å². The summed E-state index contributed by atoms with van der Waals surface area (Å²) in [6.07, 6.45) is 3.38. The second-order valence-electron chi connectivity index (χ2n) is 10.0. The standard InChI is InChI=1S/C29H38N8O5S/c30-22(13-18-14-34-23-6-2-1-5-21(18)23)26(40)37-25(16-43)28(42)36-24(12-17-7-9-20(39)10-8-17)27(41)35-19(15-38)4-3-11-33-29(31)32/h1-2,5-10,14-15,19,22,24-25,34,39,43H,3-4,11-13,16,30H2,(H,35,41)(H,36,42)(H,37,40)(H4,31,32,33)/t19-,22-,24-,25-/m0/s1. The minimum Gasteiger partial charge on any atom is -0.508 e. The zero-order chi connectivity index (χ0) is 31.4. The van der Waals surface area contributed by atoms with Crippen molar-refractivity contribution in [3.8, 4) is 5.75 Å². The molecule has 2 aromatic carbocycles. The van der Waals surface area contributed by atoms with Crippen molar-refractivity contribution < 1.29 is 24.3 Å². The highest BCUT2D eigenvalue weighted by Gasteiger charge is 2.29. The average Bonchev–Trinajstić information content (AvgIpc) is 3.40. The van der Waals surface area contributed by atoms with Crippen LogP contribution in [0.5, 0.6) is 5.75 Å². The van der Waals surface area contributed by atoms with Crippen LogP contribution in [0.1, 0.15) is 24.0 Å². The fourth-order valence-corrected chi connectivity index (χ4v) is 4.69. The van der Waals surface area contributed by atoms with Gasteiger partial charge in [-0.3, -0.25) is 19.4 Å². The Morgan fingerprint density at radius 2 is 1.63 bits per heavy atom. The largest absolute Gasteiger partial charge is 0.508 e. The highest BCUT2D eigenvalue weighted by atomic mass is 32.1. The first-order chi connectivity index (χ1) is 20.6. The SMILES string of the molecule is NC(N)=NCCC[C@@H](C=O)NC(=O)[C@H](Cc1ccc(O)cc1)NC(=O)[C@H](CS)NC(=O)[C@@H](N)Cc1c[nH]c2ccccc12. The number of fused-ring (bicyclic) bond motifs is 1. The van der Waals surface area contributed by atoms with Crippen molar-refractivity contribution in [3.63, 3.8) is 0 Å². The van der Waals surface area contributed by atoms with Crippen LogP contribution in [0.25, 0.3) is 10.9 Å². The summed E-state index contributed by atoms with van der Waals surface area (Å²) in [5.74, 6) is -1.92. The molecule has 3 amide bonds. The van der Waals surface area contributed by atoms with E-state index in [2.05, 4.69) is 38.6 Å². The van der Waals surface area contributed by atoms with Crippen LogP contribution in [0.15, 0.2) is 59.7 Å². The number of aromatic nitrogens is 1. The topological polar surface area (TPSA) is 231 Å². The summed E-state index contributed by atoms with van der Waals surface area (Å²) in [5.41, 5.74) is 19.2. The van der Waals surface area contributed by atoms with E-state index in [1.54, 1.807) is 18.3 Å². The Labute approximate surface area is 254 Å². The van der Waals surface area contributed by atoms with Gasteiger partial charge in [-0.05, 0) is 48.6 Å². The van der Waals surface area contributed by atoms with E-state index in [1.165, 1.54) is 12.1 Å². The van der Waals surface area contributed by atoms with E-state index in [-0.39, 0.29) is 43.3 Å². The predicted molar refractivity (Wildman–Crippen MR) is 167 cm³/mol. The molecular weight excluding hydrogens is 572 g/mol. The molecule has 3 rings (SSSR count). The number of H-pyrrole nitrogens is 1. The van der Waals surface area contributed by atoms with Crippen molar-refractivity contribution in [3.05, 3.63) is 65.9 Å². The number of aromatic amines is 1. The molecule has 43 heavy (non-hydrogen) atoms. The van der Waals surface area contributed by atoms with Crippen LogP contribution < -0.4 is 33.2 Å². The third-order valence-corrected chi connectivity index (χ3v) is 7.10. The van der Waals surface area contributed by atoms with Gasteiger partial charge in [0.1, 0.15) is 24.1 Å². The quantitative estimate of drug-likeness (QED) is 0.0340. The molecule has 1 heterocycles. The maximum Gasteiger partial charge on any atom is 0.244 e. The van der Waals surface area contributed by atoms with Crippen molar-refractivity contribution in [1.82, 2.24) is 20.9 Å². The number of phenols is 1. The van der Waals surface area contributed by atoms with Crippen LogP contribution in [0.4, 0.5) is 0 Å². The number of thiol groups is 1. The number of aromatic hydroxyl groups is 1. The van der Waals surface area contributed by atoms with E-state index in [9.17, 15) is 24.3 Å². The summed E-state index contributed by atoms with van der Waals surface area (Å²) < 4.78 is 0. The molecule has 0 aliphatic rings. The molecule has 0 aliphatic heterocycles. The van der Waals surface area contributed by atoms with Gasteiger partial charge >= 0.3 is 0 Å². The molecule has 0 saturated carbocycles. The lowest BCUT2D eigenvalue weighted by Crippen LogP contribution is -2.58. The molecule has 13 nitrogen and oxygen atoms in total. The number of para-hydroxylation sites is 1. The fraction of sp³-hybridized carbons (Fsp3) is 0.345. The van der Waals surface area contributed by atoms with Crippen LogP contribution in [-0.2, 0) is 32.0 Å². The lowest BCUT2D eigenvalue weighted by Gasteiger charge is -2.24. The van der Waals surface area contributed by atoms with Crippen LogP contribution >= 0.6 is 12.6 Å². The Kier molecular flexibility index (Phi) is 12.4. The van der Waals surface area contributed by atoms with Gasteiger partial charge in [-0.15, -0.1) is 0 Å². The first-order valence-corrected chi connectivity index (χ1v) is 14.4. The number of carbonyl (C=O) groups is 4. The van der Waals surface area contributed by atoms with Crippen LogP contribution in [0.2, 0.25) is 0 Å². The summed E-state index contributed by atoms with van der Waals surface area (Å²) in [4.78, 5) is 58.1. The van der Waals surface area contributed by atoms with Crippen LogP contribution in [-0.4, -0.2) is 76.5 Å². The second kappa shape index (κ2) is 16.2. The van der Waals surface area contributed by atoms with Gasteiger partial charge in [-0.1, -0.05) is 30.3 Å². The molecule has 0 radical (unpaired) electrons. The van der Waals surface area contributed by atoms with Crippen molar-refractivity contribution in [2.75, 3.05) is 12.3 Å². The minimum atomic E-state index is -1.11. The van der Waals surface area contributed by atoms with Gasteiger partial charge in [0.05, 0.1) is 12.1 Å². The van der Waals surface area contributed by atoms with Gasteiger partial charge in [0.15, 0.2) is 5.96 Å². The zero-order valence-corrected chi connectivity index (χ0v) is 24.4. The Bertz CT molecular complexity index is 1420. The number of rotatable bonds is 16. The van der Waals surface area contributed by atoms with Crippen molar-refractivity contribution >= 4 is 53.5 Å². The summed E-state index contributed by atoms with van der Waals surface area (Å²) in [5, 5.41) is 18.5. The Hall–Kier alpha value is -4.56. The lowest BCUT2D eigenvalue weighted by molar-refractivity contribution is -0.132. The molecule has 0 unspecified atom stereocenters. The van der Waals surface area contributed by atoms with E-state index in [4.69, 9.17) is 17.2 Å². The number of aldehydes is 1. The first-order valence-electron chi connectivity index (χ1n) is 13.7. The van der Waals surface area contributed by atoms with Gasteiger partial charge in [0, 0.05) is 35.8 Å². The normalized spacial score (nSPS) is 13.7. The smallest absolute Gasteiger partial charge is 0.244 e. The average molecular weight is 611 g/mol. The van der Waals surface area contributed by atoms with Crippen molar-refractivity contribution in [2.24, 2.45) is 22.2 Å². The predicted octanol–water partition coefficient (Wildman–Crippen LogP) is -0.377. The number of aliphatic imine (C=N–C) groups is 1. The molecule has 11 N–H and O–H groups in total. The highest BCUT2D eigenvalue weighted by molar-refractivity contribution is 7.80. The molecule has 0 fully saturated rings. The number of carbonyl (C=O) groups excluding carboxylic acids is 4. The number of nitrogens with two attached hydrogens (primary N) is 3. The van der Waals surface area contributed by atoms with Crippen LogP contribution in [0.3, 0.4) is 0 Å². The molecule has 230 valence electrons. The van der Waals surface area contributed by atoms with Gasteiger partial charge in [0.2, 0.25) is 17.7 Å². The van der Waals surface area contributed by atoms with E-state index in [0.717, 1.165) is 16.5 Å². The third kappa shape index (κ3) is 10.0. The maximum absolute atomic E-state index is 13.3. The molecule has 0 saturated heterocycles. The summed E-state index contributed by atoms with van der Waals surface area (Å²) in [6, 6.07) is 9.75. The molecule has 1 aromatic heterocycles. The van der Waals surface area contributed by atoms with Crippen LogP contribution in [0, 0.1) is 0 Å². The summed E-state index contributed by atoms with van der Waals surface area (Å²) in [6.45, 7) is 0.280. The third-order valence-electron chi connectivity index (χ3n) is 6.74.